The van der Waals surface area contributed by atoms with E-state index in [-0.39, 0.29) is 5.91 Å². The van der Waals surface area contributed by atoms with Crippen LogP contribution in [0.25, 0.3) is 0 Å². The van der Waals surface area contributed by atoms with Gasteiger partial charge >= 0.3 is 0 Å². The van der Waals surface area contributed by atoms with Gasteiger partial charge in [-0.15, -0.1) is 0 Å². The highest BCUT2D eigenvalue weighted by Gasteiger charge is 2.32. The summed E-state index contributed by atoms with van der Waals surface area (Å²) in [6.07, 6.45) is 4.04. The Balaban J connectivity index is 1.62. The van der Waals surface area contributed by atoms with Crippen LogP contribution in [0.1, 0.15) is 49.4 Å². The zero-order valence-corrected chi connectivity index (χ0v) is 15.3. The molecule has 2 aliphatic rings. The minimum Gasteiger partial charge on any atom is -0.455 e. The van der Waals surface area contributed by atoms with Gasteiger partial charge in [0, 0.05) is 26.2 Å². The average Bonchev–Trinajstić information content (AvgIpc) is 3.29. The lowest BCUT2D eigenvalue weighted by atomic mass is 10.0. The Labute approximate surface area is 145 Å². The van der Waals surface area contributed by atoms with Gasteiger partial charge in [0.2, 0.25) is 0 Å². The number of amides is 1. The Hall–Kier alpha value is -1.33. The van der Waals surface area contributed by atoms with Gasteiger partial charge in [-0.05, 0) is 56.3 Å². The molecule has 1 aromatic rings. The maximum absolute atomic E-state index is 11.6. The lowest BCUT2D eigenvalue weighted by molar-refractivity contribution is 0.0930. The van der Waals surface area contributed by atoms with Crippen molar-refractivity contribution in [1.29, 1.82) is 0 Å². The third kappa shape index (κ3) is 4.39. The Morgan fingerprint density at radius 1 is 1.33 bits per heavy atom. The second-order valence-corrected chi connectivity index (χ2v) is 7.68. The number of nitrogens with one attached hydrogen (secondary N) is 1. The van der Waals surface area contributed by atoms with Crippen molar-refractivity contribution < 1.29 is 9.21 Å². The van der Waals surface area contributed by atoms with E-state index in [2.05, 4.69) is 29.0 Å². The van der Waals surface area contributed by atoms with Crippen LogP contribution >= 0.6 is 0 Å². The Bertz CT molecular complexity index is 551. The Morgan fingerprint density at radius 3 is 2.79 bits per heavy atom. The second kappa shape index (κ2) is 7.70. The van der Waals surface area contributed by atoms with Crippen molar-refractivity contribution in [1.82, 2.24) is 15.1 Å². The molecular formula is C19H31N3O2. The van der Waals surface area contributed by atoms with E-state index >= 15 is 0 Å². The van der Waals surface area contributed by atoms with Crippen molar-refractivity contribution in [3.8, 4) is 0 Å². The molecule has 1 aliphatic heterocycles. The van der Waals surface area contributed by atoms with E-state index in [1.165, 1.54) is 32.4 Å². The summed E-state index contributed by atoms with van der Waals surface area (Å²) in [5.41, 5.74) is 0. The van der Waals surface area contributed by atoms with Crippen LogP contribution < -0.4 is 5.32 Å². The van der Waals surface area contributed by atoms with E-state index in [0.29, 0.717) is 17.7 Å². The normalized spacial score (nSPS) is 23.4. The van der Waals surface area contributed by atoms with Crippen LogP contribution in [0.15, 0.2) is 16.5 Å². The van der Waals surface area contributed by atoms with Gasteiger partial charge in [-0.25, -0.2) is 0 Å². The van der Waals surface area contributed by atoms with Gasteiger partial charge in [-0.1, -0.05) is 13.8 Å². The predicted octanol–water partition coefficient (Wildman–Crippen LogP) is 2.58. The summed E-state index contributed by atoms with van der Waals surface area (Å²) in [4.78, 5) is 16.9. The molecule has 0 radical (unpaired) electrons. The maximum Gasteiger partial charge on any atom is 0.286 e. The fourth-order valence-electron chi connectivity index (χ4n) is 3.70. The quantitative estimate of drug-likeness (QED) is 0.869. The molecule has 1 amide bonds. The molecule has 0 spiro atoms. The first kappa shape index (κ1) is 17.5. The van der Waals surface area contributed by atoms with Crippen LogP contribution in [0.4, 0.5) is 0 Å². The zero-order valence-electron chi connectivity index (χ0n) is 15.3. The Kier molecular flexibility index (Phi) is 5.61. The van der Waals surface area contributed by atoms with Crippen LogP contribution in [0.5, 0.6) is 0 Å². The molecule has 0 bridgehead atoms. The number of carbonyl (C=O) groups excluding carboxylic acids is 1. The fraction of sp³-hybridized carbons (Fsp3) is 0.737. The first-order chi connectivity index (χ1) is 11.6. The average molecular weight is 333 g/mol. The van der Waals surface area contributed by atoms with Crippen molar-refractivity contribution in [3.05, 3.63) is 23.7 Å². The molecule has 0 unspecified atom stereocenters. The molecule has 134 valence electrons. The van der Waals surface area contributed by atoms with E-state index in [0.717, 1.165) is 31.3 Å². The third-order valence-electron chi connectivity index (χ3n) is 5.29. The molecule has 24 heavy (non-hydrogen) atoms. The molecule has 1 atom stereocenters. The number of hydrogen-bond acceptors (Lipinski definition) is 4. The van der Waals surface area contributed by atoms with Crippen molar-refractivity contribution >= 4 is 5.91 Å². The molecule has 0 aromatic carbocycles. The molecule has 2 fully saturated rings. The summed E-state index contributed by atoms with van der Waals surface area (Å²) in [6, 6.07) is 4.31. The standard InChI is InChI=1S/C19H31N3O2/c1-14(2)17-13-21(9-4-10-22(17)11-15-5-6-15)12-16-7-8-18(24-16)19(23)20-3/h7-8,14-15,17H,4-6,9-13H2,1-3H3,(H,20,23)/t17-/m0/s1. The Morgan fingerprint density at radius 2 is 2.12 bits per heavy atom. The summed E-state index contributed by atoms with van der Waals surface area (Å²) in [6.45, 7) is 10.1. The largest absolute Gasteiger partial charge is 0.455 e. The first-order valence-electron chi connectivity index (χ1n) is 9.34. The van der Waals surface area contributed by atoms with Gasteiger partial charge in [-0.2, -0.15) is 0 Å². The van der Waals surface area contributed by atoms with Crippen LogP contribution in [0, 0.1) is 11.8 Å². The monoisotopic (exact) mass is 333 g/mol. The summed E-state index contributed by atoms with van der Waals surface area (Å²) in [7, 11) is 1.63. The molecule has 3 rings (SSSR count). The van der Waals surface area contributed by atoms with Crippen molar-refractivity contribution in [2.75, 3.05) is 33.2 Å². The minimum atomic E-state index is -0.159. The van der Waals surface area contributed by atoms with Gasteiger partial charge in [0.1, 0.15) is 5.76 Å². The van der Waals surface area contributed by atoms with E-state index in [1.807, 2.05) is 6.07 Å². The van der Waals surface area contributed by atoms with Crippen LogP contribution in [-0.4, -0.2) is 55.0 Å². The topological polar surface area (TPSA) is 48.7 Å². The second-order valence-electron chi connectivity index (χ2n) is 7.68. The van der Waals surface area contributed by atoms with Crippen molar-refractivity contribution in [3.63, 3.8) is 0 Å². The zero-order chi connectivity index (χ0) is 17.1. The number of furan rings is 1. The summed E-state index contributed by atoms with van der Waals surface area (Å²) in [5.74, 6) is 2.72. The number of carbonyl (C=O) groups is 1. The molecule has 1 saturated heterocycles. The number of rotatable bonds is 6. The molecule has 1 aromatic heterocycles. The number of hydrogen-bond donors (Lipinski definition) is 1. The van der Waals surface area contributed by atoms with E-state index in [1.54, 1.807) is 13.1 Å². The predicted molar refractivity (Wildman–Crippen MR) is 94.9 cm³/mol. The van der Waals surface area contributed by atoms with Gasteiger partial charge in [0.25, 0.3) is 5.91 Å². The molecule has 5 nitrogen and oxygen atoms in total. The summed E-state index contributed by atoms with van der Waals surface area (Å²) in [5, 5.41) is 2.61. The molecule has 1 aliphatic carbocycles. The third-order valence-corrected chi connectivity index (χ3v) is 5.29. The smallest absolute Gasteiger partial charge is 0.286 e. The van der Waals surface area contributed by atoms with Gasteiger partial charge in [0.05, 0.1) is 6.54 Å². The lowest BCUT2D eigenvalue weighted by Crippen LogP contribution is -2.45. The highest BCUT2D eigenvalue weighted by atomic mass is 16.4. The molecule has 2 heterocycles. The van der Waals surface area contributed by atoms with E-state index in [9.17, 15) is 4.79 Å². The summed E-state index contributed by atoms with van der Waals surface area (Å²) >= 11 is 0. The fourth-order valence-corrected chi connectivity index (χ4v) is 3.70. The first-order valence-corrected chi connectivity index (χ1v) is 9.34. The molecule has 1 saturated carbocycles. The van der Waals surface area contributed by atoms with Gasteiger partial charge in [-0.3, -0.25) is 14.6 Å². The number of nitrogens with zero attached hydrogens (tertiary/aromatic N) is 2. The summed E-state index contributed by atoms with van der Waals surface area (Å²) < 4.78 is 5.71. The molecule has 5 heteroatoms. The molecule has 1 N–H and O–H groups in total. The van der Waals surface area contributed by atoms with Crippen LogP contribution in [0.2, 0.25) is 0 Å². The van der Waals surface area contributed by atoms with Gasteiger partial charge in [0.15, 0.2) is 5.76 Å². The SMILES string of the molecule is CNC(=O)c1ccc(CN2CCCN(CC3CC3)[C@H](C(C)C)C2)o1. The maximum atomic E-state index is 11.6. The van der Waals surface area contributed by atoms with Crippen LogP contribution in [0.3, 0.4) is 0 Å². The highest BCUT2D eigenvalue weighted by molar-refractivity contribution is 5.91. The lowest BCUT2D eigenvalue weighted by Gasteiger charge is -2.34. The van der Waals surface area contributed by atoms with E-state index in [4.69, 9.17) is 4.42 Å². The van der Waals surface area contributed by atoms with Crippen LogP contribution in [-0.2, 0) is 6.54 Å². The minimum absolute atomic E-state index is 0.159. The van der Waals surface area contributed by atoms with Crippen molar-refractivity contribution in [2.45, 2.75) is 45.7 Å². The van der Waals surface area contributed by atoms with Crippen molar-refractivity contribution in [2.24, 2.45) is 11.8 Å². The molecular weight excluding hydrogens is 302 g/mol. The highest BCUT2D eigenvalue weighted by Crippen LogP contribution is 2.32. The van der Waals surface area contributed by atoms with E-state index < -0.39 is 0 Å². The van der Waals surface area contributed by atoms with Gasteiger partial charge < -0.3 is 9.73 Å².